The summed E-state index contributed by atoms with van der Waals surface area (Å²) >= 11 is 0. The largest absolute Gasteiger partial charge is 0.479 e. The van der Waals surface area contributed by atoms with E-state index in [1.54, 1.807) is 0 Å². The van der Waals surface area contributed by atoms with Crippen LogP contribution in [0.15, 0.2) is 18.2 Å². The zero-order valence-corrected chi connectivity index (χ0v) is 8.49. The Bertz CT molecular complexity index is 389. The lowest BCUT2D eigenvalue weighted by atomic mass is 10.1. The van der Waals surface area contributed by atoms with Crippen molar-refractivity contribution in [3.63, 3.8) is 0 Å². The van der Waals surface area contributed by atoms with Crippen molar-refractivity contribution in [1.29, 1.82) is 0 Å². The van der Waals surface area contributed by atoms with Crippen molar-refractivity contribution in [1.82, 2.24) is 0 Å². The molecule has 0 bridgehead atoms. The van der Waals surface area contributed by atoms with Gasteiger partial charge in [0.05, 0.1) is 0 Å². The topological polar surface area (TPSA) is 58.6 Å². The quantitative estimate of drug-likeness (QED) is 0.788. The molecule has 0 spiro atoms. The minimum atomic E-state index is -0.946. The Hall–Kier alpha value is -1.71. The molecule has 1 aliphatic heterocycles. The molecule has 1 aromatic rings. The van der Waals surface area contributed by atoms with Gasteiger partial charge in [0.1, 0.15) is 5.75 Å². The summed E-state index contributed by atoms with van der Waals surface area (Å²) < 4.78 is 5.38. The number of carboxylic acid groups (broad SMARTS) is 1. The van der Waals surface area contributed by atoms with E-state index in [4.69, 9.17) is 9.84 Å². The summed E-state index contributed by atoms with van der Waals surface area (Å²) in [4.78, 5) is 10.7. The number of rotatable bonds is 3. The number of anilines is 1. The average molecular weight is 207 g/mol. The first-order valence-electron chi connectivity index (χ1n) is 4.93. The Labute approximate surface area is 87.9 Å². The molecule has 1 heterocycles. The minimum Gasteiger partial charge on any atom is -0.479 e. The van der Waals surface area contributed by atoms with Crippen LogP contribution in [-0.2, 0) is 11.2 Å². The van der Waals surface area contributed by atoms with Crippen LogP contribution in [-0.4, -0.2) is 23.7 Å². The predicted octanol–water partition coefficient (Wildman–Crippen LogP) is 1.51. The maximum absolute atomic E-state index is 10.7. The van der Waals surface area contributed by atoms with Crippen molar-refractivity contribution in [2.24, 2.45) is 0 Å². The van der Waals surface area contributed by atoms with Crippen molar-refractivity contribution >= 4 is 11.7 Å². The lowest BCUT2D eigenvalue weighted by Gasteiger charge is -2.13. The Morgan fingerprint density at radius 1 is 1.60 bits per heavy atom. The third-order valence-corrected chi connectivity index (χ3v) is 2.48. The van der Waals surface area contributed by atoms with Gasteiger partial charge in [-0.15, -0.1) is 0 Å². The molecule has 1 aliphatic rings. The molecule has 2 rings (SSSR count). The highest BCUT2D eigenvalue weighted by Crippen LogP contribution is 2.31. The molecule has 80 valence electrons. The molecule has 0 radical (unpaired) electrons. The van der Waals surface area contributed by atoms with Crippen molar-refractivity contribution in [2.45, 2.75) is 19.4 Å². The number of aliphatic carboxylic acids is 1. The van der Waals surface area contributed by atoms with Gasteiger partial charge in [-0.3, -0.25) is 0 Å². The standard InChI is InChI=1S/C11H13NO3/c1-7(11(13)14)15-10-4-2-3-9-8(10)5-6-12-9/h2-4,7,12H,5-6H2,1H3,(H,13,14). The maximum atomic E-state index is 10.7. The summed E-state index contributed by atoms with van der Waals surface area (Å²) in [6.45, 7) is 2.42. The first-order valence-corrected chi connectivity index (χ1v) is 4.93. The molecule has 1 atom stereocenters. The first-order chi connectivity index (χ1) is 7.18. The number of hydrogen-bond acceptors (Lipinski definition) is 3. The number of fused-ring (bicyclic) bond motifs is 1. The van der Waals surface area contributed by atoms with Gasteiger partial charge < -0.3 is 15.2 Å². The molecule has 0 saturated heterocycles. The lowest BCUT2D eigenvalue weighted by molar-refractivity contribution is -0.144. The summed E-state index contributed by atoms with van der Waals surface area (Å²) in [6, 6.07) is 5.65. The van der Waals surface area contributed by atoms with Gasteiger partial charge >= 0.3 is 5.97 Å². The van der Waals surface area contributed by atoms with Gasteiger partial charge in [-0.05, 0) is 25.5 Å². The smallest absolute Gasteiger partial charge is 0.344 e. The van der Waals surface area contributed by atoms with Crippen molar-refractivity contribution in [2.75, 3.05) is 11.9 Å². The number of benzene rings is 1. The number of nitrogens with one attached hydrogen (secondary N) is 1. The van der Waals surface area contributed by atoms with Crippen molar-refractivity contribution in [3.05, 3.63) is 23.8 Å². The van der Waals surface area contributed by atoms with Gasteiger partial charge in [0.2, 0.25) is 0 Å². The van der Waals surface area contributed by atoms with Crippen LogP contribution in [0.5, 0.6) is 5.75 Å². The van der Waals surface area contributed by atoms with Crippen LogP contribution >= 0.6 is 0 Å². The van der Waals surface area contributed by atoms with Crippen LogP contribution in [0.2, 0.25) is 0 Å². The third kappa shape index (κ3) is 1.88. The second-order valence-electron chi connectivity index (χ2n) is 3.56. The fraction of sp³-hybridized carbons (Fsp3) is 0.364. The molecule has 4 nitrogen and oxygen atoms in total. The highest BCUT2D eigenvalue weighted by molar-refractivity contribution is 5.72. The van der Waals surface area contributed by atoms with Crippen LogP contribution < -0.4 is 10.1 Å². The van der Waals surface area contributed by atoms with E-state index in [0.717, 1.165) is 24.2 Å². The summed E-state index contributed by atoms with van der Waals surface area (Å²) in [5.74, 6) is -0.272. The van der Waals surface area contributed by atoms with E-state index in [1.807, 2.05) is 18.2 Å². The second-order valence-corrected chi connectivity index (χ2v) is 3.56. The van der Waals surface area contributed by atoms with Crippen LogP contribution in [0.4, 0.5) is 5.69 Å². The molecule has 15 heavy (non-hydrogen) atoms. The van der Waals surface area contributed by atoms with Crippen molar-refractivity contribution in [3.8, 4) is 5.75 Å². The SMILES string of the molecule is CC(Oc1cccc2c1CCN2)C(=O)O. The van der Waals surface area contributed by atoms with E-state index < -0.39 is 12.1 Å². The Kier molecular flexibility index (Phi) is 2.49. The second kappa shape index (κ2) is 3.81. The summed E-state index contributed by atoms with van der Waals surface area (Å²) in [7, 11) is 0. The monoisotopic (exact) mass is 207 g/mol. The normalized spacial score (nSPS) is 15.3. The van der Waals surface area contributed by atoms with Crippen LogP contribution in [0, 0.1) is 0 Å². The number of carboxylic acids is 1. The third-order valence-electron chi connectivity index (χ3n) is 2.48. The molecule has 0 amide bonds. The van der Waals surface area contributed by atoms with Gasteiger partial charge in [-0.25, -0.2) is 4.79 Å². The highest BCUT2D eigenvalue weighted by atomic mass is 16.5. The number of ether oxygens (including phenoxy) is 1. The molecule has 1 aromatic carbocycles. The molecule has 0 saturated carbocycles. The van der Waals surface area contributed by atoms with Gasteiger partial charge in [-0.2, -0.15) is 0 Å². The fourth-order valence-corrected chi connectivity index (χ4v) is 1.66. The van der Waals surface area contributed by atoms with E-state index in [-0.39, 0.29) is 0 Å². The van der Waals surface area contributed by atoms with E-state index in [0.29, 0.717) is 5.75 Å². The maximum Gasteiger partial charge on any atom is 0.344 e. The van der Waals surface area contributed by atoms with E-state index in [9.17, 15) is 4.79 Å². The van der Waals surface area contributed by atoms with Gasteiger partial charge in [0.25, 0.3) is 0 Å². The lowest BCUT2D eigenvalue weighted by Crippen LogP contribution is -2.23. The van der Waals surface area contributed by atoms with Gasteiger partial charge in [-0.1, -0.05) is 6.07 Å². The first kappa shape index (κ1) is 9.83. The molecule has 0 aliphatic carbocycles. The number of hydrogen-bond donors (Lipinski definition) is 2. The van der Waals surface area contributed by atoms with Crippen LogP contribution in [0.25, 0.3) is 0 Å². The highest BCUT2D eigenvalue weighted by Gasteiger charge is 2.18. The van der Waals surface area contributed by atoms with E-state index in [2.05, 4.69) is 5.32 Å². The summed E-state index contributed by atoms with van der Waals surface area (Å²) in [6.07, 6.45) is 0.0785. The zero-order chi connectivity index (χ0) is 10.8. The molecule has 4 heteroatoms. The van der Waals surface area contributed by atoms with E-state index >= 15 is 0 Å². The Morgan fingerprint density at radius 3 is 3.13 bits per heavy atom. The molecule has 0 fully saturated rings. The molecule has 0 aromatic heterocycles. The molecular formula is C11H13NO3. The number of carbonyl (C=O) groups is 1. The average Bonchev–Trinajstić information content (AvgIpc) is 2.66. The molecular weight excluding hydrogens is 194 g/mol. The Morgan fingerprint density at radius 2 is 2.40 bits per heavy atom. The van der Waals surface area contributed by atoms with Crippen LogP contribution in [0.3, 0.4) is 0 Å². The fourth-order valence-electron chi connectivity index (χ4n) is 1.66. The van der Waals surface area contributed by atoms with Gasteiger partial charge in [0, 0.05) is 17.8 Å². The van der Waals surface area contributed by atoms with Crippen LogP contribution in [0.1, 0.15) is 12.5 Å². The Balaban J connectivity index is 2.22. The van der Waals surface area contributed by atoms with E-state index in [1.165, 1.54) is 6.92 Å². The van der Waals surface area contributed by atoms with Crippen molar-refractivity contribution < 1.29 is 14.6 Å². The predicted molar refractivity (Wildman–Crippen MR) is 56.4 cm³/mol. The zero-order valence-electron chi connectivity index (χ0n) is 8.49. The summed E-state index contributed by atoms with van der Waals surface area (Å²) in [5, 5.41) is 12.0. The molecule has 1 unspecified atom stereocenters. The summed E-state index contributed by atoms with van der Waals surface area (Å²) in [5.41, 5.74) is 2.12. The van der Waals surface area contributed by atoms with Gasteiger partial charge in [0.15, 0.2) is 6.10 Å². The molecule has 2 N–H and O–H groups in total. The minimum absolute atomic E-state index is 0.674.